The number of rotatable bonds is 2. The van der Waals surface area contributed by atoms with Crippen molar-refractivity contribution in [3.63, 3.8) is 0 Å². The SMILES string of the molecule is NC1CS(=O)(=O)CCC1CCO. The largest absolute Gasteiger partial charge is 0.396 e. The summed E-state index contributed by atoms with van der Waals surface area (Å²) in [6.07, 6.45) is 1.22. The molecule has 5 heteroatoms. The first-order chi connectivity index (χ1) is 5.55. The van der Waals surface area contributed by atoms with Crippen LogP contribution in [0.15, 0.2) is 0 Å². The van der Waals surface area contributed by atoms with Crippen LogP contribution in [0.3, 0.4) is 0 Å². The first-order valence-corrected chi connectivity index (χ1v) is 5.94. The van der Waals surface area contributed by atoms with Crippen LogP contribution in [0.4, 0.5) is 0 Å². The van der Waals surface area contributed by atoms with E-state index < -0.39 is 9.84 Å². The maximum atomic E-state index is 11.1. The first kappa shape index (κ1) is 9.95. The lowest BCUT2D eigenvalue weighted by molar-refractivity contribution is 0.240. The maximum Gasteiger partial charge on any atom is 0.151 e. The Morgan fingerprint density at radius 2 is 2.17 bits per heavy atom. The van der Waals surface area contributed by atoms with Crippen molar-refractivity contribution in [2.24, 2.45) is 11.7 Å². The summed E-state index contributed by atoms with van der Waals surface area (Å²) >= 11 is 0. The Kier molecular flexibility index (Phi) is 3.09. The zero-order valence-electron chi connectivity index (χ0n) is 6.94. The molecule has 0 spiro atoms. The van der Waals surface area contributed by atoms with Crippen LogP contribution in [0.25, 0.3) is 0 Å². The molecule has 0 aromatic rings. The minimum absolute atomic E-state index is 0.0810. The Bertz CT molecular complexity index is 237. The quantitative estimate of drug-likeness (QED) is 0.597. The van der Waals surface area contributed by atoms with E-state index in [-0.39, 0.29) is 30.1 Å². The van der Waals surface area contributed by atoms with Crippen LogP contribution in [0.1, 0.15) is 12.8 Å². The van der Waals surface area contributed by atoms with Crippen molar-refractivity contribution in [3.8, 4) is 0 Å². The summed E-state index contributed by atoms with van der Waals surface area (Å²) in [5, 5.41) is 8.66. The van der Waals surface area contributed by atoms with Crippen LogP contribution in [0, 0.1) is 5.92 Å². The summed E-state index contributed by atoms with van der Waals surface area (Å²) < 4.78 is 22.1. The van der Waals surface area contributed by atoms with E-state index in [4.69, 9.17) is 10.8 Å². The molecule has 4 nitrogen and oxygen atoms in total. The Hall–Kier alpha value is -0.130. The van der Waals surface area contributed by atoms with Crippen molar-refractivity contribution in [3.05, 3.63) is 0 Å². The number of hydrogen-bond donors (Lipinski definition) is 2. The number of hydrogen-bond acceptors (Lipinski definition) is 4. The van der Waals surface area contributed by atoms with Gasteiger partial charge in [-0.25, -0.2) is 8.42 Å². The van der Waals surface area contributed by atoms with Crippen molar-refractivity contribution in [2.45, 2.75) is 18.9 Å². The fraction of sp³-hybridized carbons (Fsp3) is 1.00. The van der Waals surface area contributed by atoms with Gasteiger partial charge < -0.3 is 10.8 Å². The van der Waals surface area contributed by atoms with E-state index in [0.29, 0.717) is 12.8 Å². The highest BCUT2D eigenvalue weighted by Crippen LogP contribution is 2.20. The van der Waals surface area contributed by atoms with Crippen molar-refractivity contribution >= 4 is 9.84 Å². The third kappa shape index (κ3) is 2.43. The van der Waals surface area contributed by atoms with Gasteiger partial charge in [0.25, 0.3) is 0 Å². The molecule has 0 amide bonds. The van der Waals surface area contributed by atoms with Gasteiger partial charge >= 0.3 is 0 Å². The second-order valence-electron chi connectivity index (χ2n) is 3.34. The molecule has 1 aliphatic heterocycles. The van der Waals surface area contributed by atoms with E-state index in [9.17, 15) is 8.42 Å². The molecule has 1 aliphatic rings. The summed E-state index contributed by atoms with van der Waals surface area (Å²) in [4.78, 5) is 0. The summed E-state index contributed by atoms with van der Waals surface area (Å²) in [5.41, 5.74) is 5.65. The molecular weight excluding hydrogens is 178 g/mol. The molecule has 1 saturated heterocycles. The average molecular weight is 193 g/mol. The second kappa shape index (κ2) is 3.72. The van der Waals surface area contributed by atoms with Gasteiger partial charge in [0.2, 0.25) is 0 Å². The lowest BCUT2D eigenvalue weighted by atomic mass is 9.95. The molecule has 0 saturated carbocycles. The van der Waals surface area contributed by atoms with Crippen molar-refractivity contribution < 1.29 is 13.5 Å². The second-order valence-corrected chi connectivity index (χ2v) is 5.57. The fourth-order valence-corrected chi connectivity index (χ4v) is 3.27. The molecule has 1 heterocycles. The topological polar surface area (TPSA) is 80.4 Å². The summed E-state index contributed by atoms with van der Waals surface area (Å²) in [5.74, 6) is 0.488. The fourth-order valence-electron chi connectivity index (χ4n) is 1.58. The molecule has 0 aromatic heterocycles. The zero-order valence-corrected chi connectivity index (χ0v) is 7.76. The Balaban J connectivity index is 2.54. The van der Waals surface area contributed by atoms with E-state index in [1.807, 2.05) is 0 Å². The smallest absolute Gasteiger partial charge is 0.151 e. The van der Waals surface area contributed by atoms with Gasteiger partial charge in [-0.1, -0.05) is 0 Å². The lowest BCUT2D eigenvalue weighted by Crippen LogP contribution is -2.43. The summed E-state index contributed by atoms with van der Waals surface area (Å²) in [6.45, 7) is 0.0956. The molecular formula is C7H15NO3S. The van der Waals surface area contributed by atoms with E-state index >= 15 is 0 Å². The van der Waals surface area contributed by atoms with Gasteiger partial charge in [0, 0.05) is 12.6 Å². The molecule has 0 radical (unpaired) electrons. The van der Waals surface area contributed by atoms with Crippen LogP contribution >= 0.6 is 0 Å². The lowest BCUT2D eigenvalue weighted by Gasteiger charge is -2.27. The normalized spacial score (nSPS) is 34.8. The average Bonchev–Trinajstić information content (AvgIpc) is 1.94. The van der Waals surface area contributed by atoms with E-state index in [2.05, 4.69) is 0 Å². The van der Waals surface area contributed by atoms with Crippen LogP contribution in [-0.4, -0.2) is 37.7 Å². The molecule has 1 fully saturated rings. The molecule has 72 valence electrons. The van der Waals surface area contributed by atoms with Gasteiger partial charge in [-0.3, -0.25) is 0 Å². The minimum atomic E-state index is -2.89. The maximum absolute atomic E-state index is 11.1. The van der Waals surface area contributed by atoms with Gasteiger partial charge in [0.1, 0.15) is 0 Å². The standard InChI is InChI=1S/C7H15NO3S/c8-7-5-12(10,11)4-2-6(7)1-3-9/h6-7,9H,1-5,8H2. The van der Waals surface area contributed by atoms with Gasteiger partial charge in [0.15, 0.2) is 9.84 Å². The van der Waals surface area contributed by atoms with Crippen LogP contribution in [0.5, 0.6) is 0 Å². The zero-order chi connectivity index (χ0) is 9.19. The van der Waals surface area contributed by atoms with Crippen LogP contribution < -0.4 is 5.73 Å². The number of sulfone groups is 1. The molecule has 0 aromatic carbocycles. The number of nitrogens with two attached hydrogens (primary N) is 1. The highest BCUT2D eigenvalue weighted by Gasteiger charge is 2.29. The molecule has 3 N–H and O–H groups in total. The van der Waals surface area contributed by atoms with Gasteiger partial charge in [0.05, 0.1) is 11.5 Å². The molecule has 2 unspecified atom stereocenters. The Morgan fingerprint density at radius 3 is 2.67 bits per heavy atom. The van der Waals surface area contributed by atoms with E-state index in [1.165, 1.54) is 0 Å². The van der Waals surface area contributed by atoms with E-state index in [0.717, 1.165) is 0 Å². The van der Waals surface area contributed by atoms with Crippen molar-refractivity contribution in [1.82, 2.24) is 0 Å². The summed E-state index contributed by atoms with van der Waals surface area (Å²) in [6, 6.07) is -0.282. The molecule has 2 atom stereocenters. The summed E-state index contributed by atoms with van der Waals surface area (Å²) in [7, 11) is -2.89. The first-order valence-electron chi connectivity index (χ1n) is 4.12. The van der Waals surface area contributed by atoms with Gasteiger partial charge in [-0.2, -0.15) is 0 Å². The Morgan fingerprint density at radius 1 is 1.50 bits per heavy atom. The third-order valence-corrected chi connectivity index (χ3v) is 4.10. The molecule has 0 bridgehead atoms. The predicted molar refractivity (Wildman–Crippen MR) is 46.4 cm³/mol. The molecule has 0 aliphatic carbocycles. The highest BCUT2D eigenvalue weighted by atomic mass is 32.2. The van der Waals surface area contributed by atoms with Crippen molar-refractivity contribution in [1.29, 1.82) is 0 Å². The Labute approximate surface area is 72.7 Å². The molecule has 12 heavy (non-hydrogen) atoms. The minimum Gasteiger partial charge on any atom is -0.396 e. The number of aliphatic hydroxyl groups excluding tert-OH is 1. The van der Waals surface area contributed by atoms with Crippen molar-refractivity contribution in [2.75, 3.05) is 18.1 Å². The monoisotopic (exact) mass is 193 g/mol. The van der Waals surface area contributed by atoms with Crippen LogP contribution in [-0.2, 0) is 9.84 Å². The van der Waals surface area contributed by atoms with Crippen LogP contribution in [0.2, 0.25) is 0 Å². The van der Waals surface area contributed by atoms with Gasteiger partial charge in [-0.05, 0) is 18.8 Å². The van der Waals surface area contributed by atoms with Gasteiger partial charge in [-0.15, -0.1) is 0 Å². The van der Waals surface area contributed by atoms with E-state index in [1.54, 1.807) is 0 Å². The molecule has 1 rings (SSSR count). The highest BCUT2D eigenvalue weighted by molar-refractivity contribution is 7.91. The number of aliphatic hydroxyl groups is 1. The third-order valence-electron chi connectivity index (χ3n) is 2.35. The predicted octanol–water partition coefficient (Wildman–Crippen LogP) is -0.869.